The zero-order valence-electron chi connectivity index (χ0n) is 12.4. The largest absolute Gasteiger partial charge is 0.329 e. The normalized spacial score (nSPS) is 18.2. The van der Waals surface area contributed by atoms with Crippen molar-refractivity contribution in [2.75, 3.05) is 6.54 Å². The highest BCUT2D eigenvalue weighted by Crippen LogP contribution is 2.33. The van der Waals surface area contributed by atoms with E-state index in [2.05, 4.69) is 20.8 Å². The van der Waals surface area contributed by atoms with Gasteiger partial charge in [-0.25, -0.2) is 4.98 Å². The van der Waals surface area contributed by atoms with Crippen molar-refractivity contribution in [1.29, 1.82) is 0 Å². The van der Waals surface area contributed by atoms with Crippen LogP contribution in [0.15, 0.2) is 36.7 Å². The first-order valence-corrected chi connectivity index (χ1v) is 7.47. The van der Waals surface area contributed by atoms with Crippen LogP contribution in [0.1, 0.15) is 35.1 Å². The maximum atomic E-state index is 12.6. The molecule has 1 N–H and O–H groups in total. The van der Waals surface area contributed by atoms with Gasteiger partial charge in [0.2, 0.25) is 0 Å². The zero-order valence-corrected chi connectivity index (χ0v) is 12.4. The van der Waals surface area contributed by atoms with E-state index in [1.807, 2.05) is 30.1 Å². The molecule has 1 amide bonds. The molecule has 0 aliphatic carbocycles. The standard InChI is InChI=1S/C16H17N5O/c1-20-13-6-3-2-5-12(13)19-15(20)14-7-4-8-21(14)16(22)11-9-17-18-10-11/h2-3,5-6,9-10,14H,4,7-8H2,1H3,(H,17,18)/t14-/m1/s1. The molecule has 0 bridgehead atoms. The predicted octanol–water partition coefficient (Wildman–Crippen LogP) is 2.27. The Morgan fingerprint density at radius 3 is 3.00 bits per heavy atom. The van der Waals surface area contributed by atoms with Gasteiger partial charge in [0.15, 0.2) is 0 Å². The number of nitrogens with one attached hydrogen (secondary N) is 1. The number of likely N-dealkylation sites (tertiary alicyclic amines) is 1. The lowest BCUT2D eigenvalue weighted by atomic mass is 10.2. The van der Waals surface area contributed by atoms with Gasteiger partial charge in [0.25, 0.3) is 5.91 Å². The van der Waals surface area contributed by atoms with Crippen LogP contribution in [-0.2, 0) is 7.05 Å². The van der Waals surface area contributed by atoms with E-state index in [0.29, 0.717) is 5.56 Å². The van der Waals surface area contributed by atoms with Crippen LogP contribution < -0.4 is 0 Å². The summed E-state index contributed by atoms with van der Waals surface area (Å²) in [4.78, 5) is 19.3. The third-order valence-electron chi connectivity index (χ3n) is 4.38. The van der Waals surface area contributed by atoms with E-state index in [4.69, 9.17) is 4.98 Å². The van der Waals surface area contributed by atoms with Crippen molar-refractivity contribution >= 4 is 16.9 Å². The number of aromatic nitrogens is 4. The number of aryl methyl sites for hydroxylation is 1. The van der Waals surface area contributed by atoms with Gasteiger partial charge >= 0.3 is 0 Å². The van der Waals surface area contributed by atoms with Crippen LogP contribution in [-0.4, -0.2) is 37.1 Å². The molecule has 1 aliphatic heterocycles. The second-order valence-corrected chi connectivity index (χ2v) is 5.66. The summed E-state index contributed by atoms with van der Waals surface area (Å²) in [5, 5.41) is 6.57. The number of carbonyl (C=O) groups is 1. The number of aromatic amines is 1. The number of para-hydroxylation sites is 2. The number of benzene rings is 1. The number of hydrogen-bond acceptors (Lipinski definition) is 3. The molecule has 0 spiro atoms. The minimum absolute atomic E-state index is 0.0170. The molecular weight excluding hydrogens is 278 g/mol. The molecule has 0 radical (unpaired) electrons. The number of H-pyrrole nitrogens is 1. The number of fused-ring (bicyclic) bond motifs is 1. The van der Waals surface area contributed by atoms with Crippen LogP contribution >= 0.6 is 0 Å². The number of hydrogen-bond donors (Lipinski definition) is 1. The number of nitrogens with zero attached hydrogens (tertiary/aromatic N) is 4. The molecule has 1 fully saturated rings. The molecule has 6 heteroatoms. The van der Waals surface area contributed by atoms with E-state index in [0.717, 1.165) is 36.2 Å². The number of amides is 1. The number of carbonyl (C=O) groups excluding carboxylic acids is 1. The molecule has 4 rings (SSSR count). The Hall–Kier alpha value is -2.63. The maximum absolute atomic E-state index is 12.6. The Labute approximate surface area is 127 Å². The van der Waals surface area contributed by atoms with Gasteiger partial charge in [-0.3, -0.25) is 9.89 Å². The Kier molecular flexibility index (Phi) is 2.96. The van der Waals surface area contributed by atoms with Crippen molar-refractivity contribution in [2.24, 2.45) is 7.05 Å². The summed E-state index contributed by atoms with van der Waals surface area (Å²) in [5.41, 5.74) is 2.67. The van der Waals surface area contributed by atoms with Crippen LogP contribution in [0.4, 0.5) is 0 Å². The third kappa shape index (κ3) is 1.91. The van der Waals surface area contributed by atoms with E-state index in [-0.39, 0.29) is 11.9 Å². The monoisotopic (exact) mass is 295 g/mol. The second kappa shape index (κ2) is 4.98. The highest BCUT2D eigenvalue weighted by molar-refractivity contribution is 5.94. The average molecular weight is 295 g/mol. The van der Waals surface area contributed by atoms with Crippen molar-refractivity contribution < 1.29 is 4.79 Å². The van der Waals surface area contributed by atoms with E-state index in [1.54, 1.807) is 12.4 Å². The fourth-order valence-electron chi connectivity index (χ4n) is 3.27. The van der Waals surface area contributed by atoms with E-state index >= 15 is 0 Å². The molecule has 0 saturated carbocycles. The molecule has 2 aromatic heterocycles. The van der Waals surface area contributed by atoms with Crippen LogP contribution in [0, 0.1) is 0 Å². The Morgan fingerprint density at radius 1 is 1.36 bits per heavy atom. The van der Waals surface area contributed by atoms with Crippen molar-refractivity contribution in [3.8, 4) is 0 Å². The molecule has 0 unspecified atom stereocenters. The molecule has 6 nitrogen and oxygen atoms in total. The second-order valence-electron chi connectivity index (χ2n) is 5.66. The lowest BCUT2D eigenvalue weighted by molar-refractivity contribution is 0.0728. The molecule has 1 saturated heterocycles. The lowest BCUT2D eigenvalue weighted by Crippen LogP contribution is -2.31. The van der Waals surface area contributed by atoms with Crippen molar-refractivity contribution in [1.82, 2.24) is 24.6 Å². The molecule has 22 heavy (non-hydrogen) atoms. The van der Waals surface area contributed by atoms with Gasteiger partial charge in [-0.2, -0.15) is 5.10 Å². The molecular formula is C16H17N5O. The summed E-state index contributed by atoms with van der Waals surface area (Å²) in [7, 11) is 2.02. The van der Waals surface area contributed by atoms with Crippen LogP contribution in [0.5, 0.6) is 0 Å². The third-order valence-corrected chi connectivity index (χ3v) is 4.38. The summed E-state index contributed by atoms with van der Waals surface area (Å²) >= 11 is 0. The Balaban J connectivity index is 1.73. The SMILES string of the molecule is Cn1c([C@H]2CCCN2C(=O)c2cn[nH]c2)nc2ccccc21. The zero-order chi connectivity index (χ0) is 15.1. The van der Waals surface area contributed by atoms with Gasteiger partial charge in [-0.1, -0.05) is 12.1 Å². The van der Waals surface area contributed by atoms with Crippen molar-refractivity contribution in [3.05, 3.63) is 48.0 Å². The molecule has 3 heterocycles. The molecule has 1 atom stereocenters. The van der Waals surface area contributed by atoms with E-state index in [1.165, 1.54) is 0 Å². The first-order valence-electron chi connectivity index (χ1n) is 7.47. The Morgan fingerprint density at radius 2 is 2.23 bits per heavy atom. The summed E-state index contributed by atoms with van der Waals surface area (Å²) in [5.74, 6) is 0.971. The summed E-state index contributed by atoms with van der Waals surface area (Å²) < 4.78 is 2.10. The summed E-state index contributed by atoms with van der Waals surface area (Å²) in [6.45, 7) is 0.762. The summed E-state index contributed by atoms with van der Waals surface area (Å²) in [6.07, 6.45) is 5.16. The van der Waals surface area contributed by atoms with Crippen molar-refractivity contribution in [2.45, 2.75) is 18.9 Å². The predicted molar refractivity (Wildman–Crippen MR) is 82.3 cm³/mol. The first kappa shape index (κ1) is 13.1. The molecule has 1 aliphatic rings. The van der Waals surface area contributed by atoms with Crippen LogP contribution in [0.2, 0.25) is 0 Å². The van der Waals surface area contributed by atoms with Gasteiger partial charge in [-0.15, -0.1) is 0 Å². The van der Waals surface area contributed by atoms with Gasteiger partial charge in [0, 0.05) is 19.8 Å². The van der Waals surface area contributed by atoms with Crippen molar-refractivity contribution in [3.63, 3.8) is 0 Å². The quantitative estimate of drug-likeness (QED) is 0.788. The Bertz CT molecular complexity index is 820. The van der Waals surface area contributed by atoms with Crippen LogP contribution in [0.3, 0.4) is 0 Å². The number of imidazole rings is 1. The van der Waals surface area contributed by atoms with Crippen LogP contribution in [0.25, 0.3) is 11.0 Å². The van der Waals surface area contributed by atoms with E-state index in [9.17, 15) is 4.79 Å². The minimum atomic E-state index is 0.0170. The topological polar surface area (TPSA) is 66.8 Å². The highest BCUT2D eigenvalue weighted by atomic mass is 16.2. The molecule has 112 valence electrons. The summed E-state index contributed by atoms with van der Waals surface area (Å²) in [6, 6.07) is 8.10. The lowest BCUT2D eigenvalue weighted by Gasteiger charge is -2.23. The minimum Gasteiger partial charge on any atom is -0.329 e. The first-order chi connectivity index (χ1) is 10.8. The fourth-order valence-corrected chi connectivity index (χ4v) is 3.27. The highest BCUT2D eigenvalue weighted by Gasteiger charge is 2.33. The number of rotatable bonds is 2. The van der Waals surface area contributed by atoms with Gasteiger partial charge < -0.3 is 9.47 Å². The smallest absolute Gasteiger partial charge is 0.257 e. The van der Waals surface area contributed by atoms with Gasteiger partial charge in [0.1, 0.15) is 5.82 Å². The molecule has 3 aromatic rings. The molecule has 1 aromatic carbocycles. The van der Waals surface area contributed by atoms with Gasteiger partial charge in [0.05, 0.1) is 28.8 Å². The van der Waals surface area contributed by atoms with E-state index < -0.39 is 0 Å². The fraction of sp³-hybridized carbons (Fsp3) is 0.312. The average Bonchev–Trinajstić information content (AvgIpc) is 3.27. The maximum Gasteiger partial charge on any atom is 0.257 e. The van der Waals surface area contributed by atoms with Gasteiger partial charge in [-0.05, 0) is 25.0 Å².